The number of aliphatic hydroxyl groups is 2. The molecule has 0 aliphatic heterocycles. The van der Waals surface area contributed by atoms with Crippen LogP contribution in [0.5, 0.6) is 0 Å². The van der Waals surface area contributed by atoms with E-state index < -0.39 is 5.97 Å². The van der Waals surface area contributed by atoms with Crippen LogP contribution in [0.3, 0.4) is 0 Å². The maximum atomic E-state index is 11.6. The van der Waals surface area contributed by atoms with Crippen molar-refractivity contribution in [3.63, 3.8) is 0 Å². The summed E-state index contributed by atoms with van der Waals surface area (Å²) in [5.41, 5.74) is 0.290. The zero-order chi connectivity index (χ0) is 18.9. The Balaban J connectivity index is 1.64. The molecule has 0 heterocycles. The second-order valence-electron chi connectivity index (χ2n) is 10.6. The Morgan fingerprint density at radius 2 is 1.62 bits per heavy atom. The van der Waals surface area contributed by atoms with Crippen molar-refractivity contribution >= 4 is 5.97 Å². The van der Waals surface area contributed by atoms with Crippen LogP contribution in [0, 0.1) is 46.3 Å². The highest BCUT2D eigenvalue weighted by molar-refractivity contribution is 5.70. The lowest BCUT2D eigenvalue weighted by Crippen LogP contribution is -2.58. The maximum Gasteiger partial charge on any atom is 0.306 e. The lowest BCUT2D eigenvalue weighted by molar-refractivity contribution is -0.176. The van der Waals surface area contributed by atoms with E-state index in [1.54, 1.807) is 0 Å². The average Bonchev–Trinajstić information content (AvgIpc) is 2.93. The molecule has 4 heteroatoms. The number of carbonyl (C=O) groups is 1. The molecule has 0 bridgehead atoms. The Bertz CT molecular complexity index is 576. The van der Waals surface area contributed by atoms with Crippen molar-refractivity contribution in [1.29, 1.82) is 0 Å². The van der Waals surface area contributed by atoms with Gasteiger partial charge in [0, 0.05) is 0 Å². The molecular formula is C22H36O4. The van der Waals surface area contributed by atoms with Crippen molar-refractivity contribution in [3.05, 3.63) is 0 Å². The fraction of sp³-hybridized carbons (Fsp3) is 0.955. The Kier molecular flexibility index (Phi) is 4.47. The summed E-state index contributed by atoms with van der Waals surface area (Å²) in [5.74, 6) is 0.996. The molecular weight excluding hydrogens is 328 g/mol. The Morgan fingerprint density at radius 1 is 0.962 bits per heavy atom. The van der Waals surface area contributed by atoms with Crippen molar-refractivity contribution in [2.75, 3.05) is 0 Å². The second kappa shape index (κ2) is 6.20. The smallest absolute Gasteiger partial charge is 0.306 e. The van der Waals surface area contributed by atoms with Crippen LogP contribution >= 0.6 is 0 Å². The van der Waals surface area contributed by atoms with E-state index in [-0.39, 0.29) is 34.9 Å². The average molecular weight is 365 g/mol. The topological polar surface area (TPSA) is 77.8 Å². The van der Waals surface area contributed by atoms with Gasteiger partial charge in [0.25, 0.3) is 0 Å². The normalized spacial score (nSPS) is 54.7. The molecule has 0 aromatic rings. The van der Waals surface area contributed by atoms with Gasteiger partial charge in [0.15, 0.2) is 0 Å². The predicted molar refractivity (Wildman–Crippen MR) is 99.4 cm³/mol. The number of aliphatic carboxylic acids is 1. The Morgan fingerprint density at radius 3 is 2.31 bits per heavy atom. The number of hydrogen-bond donors (Lipinski definition) is 3. The number of rotatable bonds is 2. The molecule has 0 amide bonds. The molecule has 4 nitrogen and oxygen atoms in total. The van der Waals surface area contributed by atoms with E-state index in [2.05, 4.69) is 13.8 Å². The van der Waals surface area contributed by atoms with Crippen LogP contribution in [0.4, 0.5) is 0 Å². The van der Waals surface area contributed by atoms with Gasteiger partial charge < -0.3 is 15.3 Å². The SMILES string of the molecule is C[C@H](C(=O)O)C1CC[C@H]2[C@@H]3[C@H](O)CC4C[C@H](O)CC[C@]4(C)[C@H]3CC[C@]12C. The molecule has 0 aromatic heterocycles. The lowest BCUT2D eigenvalue weighted by Gasteiger charge is -2.62. The molecule has 0 aromatic carbocycles. The highest BCUT2D eigenvalue weighted by Crippen LogP contribution is 2.68. The van der Waals surface area contributed by atoms with Gasteiger partial charge in [-0.1, -0.05) is 20.8 Å². The first-order valence-corrected chi connectivity index (χ1v) is 10.8. The van der Waals surface area contributed by atoms with Gasteiger partial charge in [-0.2, -0.15) is 0 Å². The number of aliphatic hydroxyl groups excluding tert-OH is 2. The highest BCUT2D eigenvalue weighted by Gasteiger charge is 2.63. The van der Waals surface area contributed by atoms with Gasteiger partial charge >= 0.3 is 5.97 Å². The molecule has 4 aliphatic rings. The van der Waals surface area contributed by atoms with Gasteiger partial charge in [-0.15, -0.1) is 0 Å². The fourth-order valence-electron chi connectivity index (χ4n) is 8.23. The first-order chi connectivity index (χ1) is 12.2. The quantitative estimate of drug-likeness (QED) is 0.698. The zero-order valence-corrected chi connectivity index (χ0v) is 16.5. The van der Waals surface area contributed by atoms with Crippen LogP contribution in [0.1, 0.15) is 72.1 Å². The third-order valence-electron chi connectivity index (χ3n) is 9.72. The molecule has 2 unspecified atom stereocenters. The maximum absolute atomic E-state index is 11.6. The van der Waals surface area contributed by atoms with Crippen LogP contribution in [0.15, 0.2) is 0 Å². The third-order valence-corrected chi connectivity index (χ3v) is 9.72. The molecule has 4 saturated carbocycles. The summed E-state index contributed by atoms with van der Waals surface area (Å²) in [6.07, 6.45) is 7.42. The van der Waals surface area contributed by atoms with Gasteiger partial charge in [0.05, 0.1) is 18.1 Å². The summed E-state index contributed by atoms with van der Waals surface area (Å²) in [6.45, 7) is 6.61. The summed E-state index contributed by atoms with van der Waals surface area (Å²) >= 11 is 0. The van der Waals surface area contributed by atoms with Gasteiger partial charge in [-0.25, -0.2) is 0 Å². The summed E-state index contributed by atoms with van der Waals surface area (Å²) < 4.78 is 0. The van der Waals surface area contributed by atoms with Crippen molar-refractivity contribution in [1.82, 2.24) is 0 Å². The molecule has 0 radical (unpaired) electrons. The number of fused-ring (bicyclic) bond motifs is 5. The molecule has 10 atom stereocenters. The summed E-state index contributed by atoms with van der Waals surface area (Å²) in [6, 6.07) is 0. The van der Waals surface area contributed by atoms with Crippen LogP contribution in [0.25, 0.3) is 0 Å². The minimum atomic E-state index is -0.670. The fourth-order valence-corrected chi connectivity index (χ4v) is 8.23. The van der Waals surface area contributed by atoms with Crippen molar-refractivity contribution in [2.45, 2.75) is 84.3 Å². The van der Waals surface area contributed by atoms with Crippen LogP contribution in [0.2, 0.25) is 0 Å². The summed E-state index contributed by atoms with van der Waals surface area (Å²) in [7, 11) is 0. The highest BCUT2D eigenvalue weighted by atomic mass is 16.4. The monoisotopic (exact) mass is 364 g/mol. The van der Waals surface area contributed by atoms with E-state index in [0.717, 1.165) is 51.4 Å². The molecule has 4 aliphatic carbocycles. The van der Waals surface area contributed by atoms with E-state index in [4.69, 9.17) is 0 Å². The van der Waals surface area contributed by atoms with Gasteiger partial charge in [0.1, 0.15) is 0 Å². The standard InChI is InChI=1S/C22H36O4/c1-12(20(25)26)15-4-5-16-19-17(7-9-22(15,16)3)21(2)8-6-14(23)10-13(21)11-18(19)24/h12-19,23-24H,4-11H2,1-3H3,(H,25,26)/t12-,13?,14+,15?,16-,17-,18+,19-,21-,22+/m0/s1. The molecule has 3 N–H and O–H groups in total. The van der Waals surface area contributed by atoms with Gasteiger partial charge in [0.2, 0.25) is 0 Å². The molecule has 0 spiro atoms. The number of hydrogen-bond acceptors (Lipinski definition) is 3. The van der Waals surface area contributed by atoms with E-state index in [1.807, 2.05) is 6.92 Å². The van der Waals surface area contributed by atoms with E-state index in [1.165, 1.54) is 0 Å². The molecule has 4 rings (SSSR count). The first kappa shape index (κ1) is 18.7. The van der Waals surface area contributed by atoms with E-state index in [9.17, 15) is 20.1 Å². The lowest BCUT2D eigenvalue weighted by atomic mass is 9.43. The van der Waals surface area contributed by atoms with Crippen molar-refractivity contribution in [3.8, 4) is 0 Å². The van der Waals surface area contributed by atoms with Gasteiger partial charge in [-0.3, -0.25) is 4.79 Å². The van der Waals surface area contributed by atoms with Crippen molar-refractivity contribution < 1.29 is 20.1 Å². The van der Waals surface area contributed by atoms with Crippen molar-refractivity contribution in [2.24, 2.45) is 46.3 Å². The zero-order valence-electron chi connectivity index (χ0n) is 16.5. The van der Waals surface area contributed by atoms with Crippen LogP contribution < -0.4 is 0 Å². The first-order valence-electron chi connectivity index (χ1n) is 10.8. The minimum absolute atomic E-state index is 0.0529. The predicted octanol–water partition coefficient (Wildman–Crippen LogP) is 3.70. The molecule has 0 saturated heterocycles. The van der Waals surface area contributed by atoms with Crippen LogP contribution in [-0.2, 0) is 4.79 Å². The molecule has 4 fully saturated rings. The Hall–Kier alpha value is -0.610. The largest absolute Gasteiger partial charge is 0.481 e. The van der Waals surface area contributed by atoms with E-state index in [0.29, 0.717) is 23.7 Å². The second-order valence-corrected chi connectivity index (χ2v) is 10.6. The summed E-state index contributed by atoms with van der Waals surface area (Å²) in [4.78, 5) is 11.6. The minimum Gasteiger partial charge on any atom is -0.481 e. The third kappa shape index (κ3) is 2.51. The summed E-state index contributed by atoms with van der Waals surface area (Å²) in [5, 5.41) is 30.9. The molecule has 148 valence electrons. The van der Waals surface area contributed by atoms with Gasteiger partial charge in [-0.05, 0) is 91.8 Å². The van der Waals surface area contributed by atoms with E-state index >= 15 is 0 Å². The Labute approximate surface area is 157 Å². The molecule has 26 heavy (non-hydrogen) atoms. The number of carboxylic acid groups (broad SMARTS) is 1. The van der Waals surface area contributed by atoms with Crippen LogP contribution in [-0.4, -0.2) is 33.5 Å². The number of carboxylic acids is 1.